The van der Waals surface area contributed by atoms with E-state index in [1.807, 2.05) is 0 Å². The van der Waals surface area contributed by atoms with Crippen LogP contribution in [0, 0.1) is 10.1 Å². The van der Waals surface area contributed by atoms with Gasteiger partial charge < -0.3 is 10.2 Å². The van der Waals surface area contributed by atoms with Crippen molar-refractivity contribution in [2.24, 2.45) is 0 Å². The highest BCUT2D eigenvalue weighted by Gasteiger charge is 2.24. The Morgan fingerprint density at radius 2 is 1.62 bits per heavy atom. The van der Waals surface area contributed by atoms with Gasteiger partial charge in [-0.2, -0.15) is 0 Å². The Morgan fingerprint density at radius 3 is 1.92 bits per heavy atom. The standard InChI is InChI=1S/C6H3Br2NO4/c7-2-1-3(8)6(11)4(5(2)10)9(12)13/h1,10-11H. The number of hydrogen-bond acceptors (Lipinski definition) is 4. The summed E-state index contributed by atoms with van der Waals surface area (Å²) in [4.78, 5) is 9.53. The maximum Gasteiger partial charge on any atom is 0.354 e. The monoisotopic (exact) mass is 311 g/mol. The molecule has 1 rings (SSSR count). The number of halogens is 2. The van der Waals surface area contributed by atoms with Crippen LogP contribution in [0.4, 0.5) is 5.69 Å². The third-order valence-electron chi connectivity index (χ3n) is 1.34. The second-order valence-corrected chi connectivity index (χ2v) is 3.85. The minimum Gasteiger partial charge on any atom is -0.501 e. The number of phenols is 2. The van der Waals surface area contributed by atoms with Crippen molar-refractivity contribution in [1.29, 1.82) is 0 Å². The molecule has 2 N–H and O–H groups in total. The van der Waals surface area contributed by atoms with Crippen LogP contribution in [0.2, 0.25) is 0 Å². The van der Waals surface area contributed by atoms with Gasteiger partial charge in [-0.1, -0.05) is 0 Å². The molecule has 0 fully saturated rings. The van der Waals surface area contributed by atoms with Gasteiger partial charge >= 0.3 is 5.69 Å². The molecule has 0 aliphatic carbocycles. The van der Waals surface area contributed by atoms with Gasteiger partial charge in [0.1, 0.15) is 0 Å². The van der Waals surface area contributed by atoms with Gasteiger partial charge in [-0.15, -0.1) is 0 Å². The summed E-state index contributed by atoms with van der Waals surface area (Å²) < 4.78 is 0.285. The molecule has 7 heteroatoms. The Hall–Kier alpha value is -0.820. The van der Waals surface area contributed by atoms with E-state index in [4.69, 9.17) is 0 Å². The third kappa shape index (κ3) is 1.75. The Bertz CT molecular complexity index is 353. The van der Waals surface area contributed by atoms with Gasteiger partial charge in [0.05, 0.1) is 13.9 Å². The van der Waals surface area contributed by atoms with E-state index < -0.39 is 22.1 Å². The summed E-state index contributed by atoms with van der Waals surface area (Å²) in [6, 6.07) is 1.32. The maximum absolute atomic E-state index is 10.4. The molecule has 0 radical (unpaired) electrons. The van der Waals surface area contributed by atoms with Crippen molar-refractivity contribution in [3.63, 3.8) is 0 Å². The molecule has 0 amide bonds. The van der Waals surface area contributed by atoms with E-state index in [1.165, 1.54) is 6.07 Å². The van der Waals surface area contributed by atoms with Crippen LogP contribution < -0.4 is 0 Å². The quantitative estimate of drug-likeness (QED) is 0.616. The Kier molecular flexibility index (Phi) is 2.77. The molecule has 0 unspecified atom stereocenters. The van der Waals surface area contributed by atoms with Crippen molar-refractivity contribution in [2.75, 3.05) is 0 Å². The molecule has 0 aromatic heterocycles. The van der Waals surface area contributed by atoms with Crippen LogP contribution in [0.5, 0.6) is 11.5 Å². The molecular formula is C6H3Br2NO4. The summed E-state index contributed by atoms with van der Waals surface area (Å²) in [5.74, 6) is -1.18. The normalized spacial score (nSPS) is 10.0. The zero-order chi connectivity index (χ0) is 10.2. The van der Waals surface area contributed by atoms with E-state index in [2.05, 4.69) is 31.9 Å². The SMILES string of the molecule is O=[N+]([O-])c1c(O)c(Br)cc(Br)c1O. The molecule has 13 heavy (non-hydrogen) atoms. The van der Waals surface area contributed by atoms with Gasteiger partial charge in [-0.3, -0.25) is 10.1 Å². The van der Waals surface area contributed by atoms with Gasteiger partial charge in [-0.25, -0.2) is 0 Å². The fourth-order valence-electron chi connectivity index (χ4n) is 0.759. The number of hydrogen-bond donors (Lipinski definition) is 2. The Balaban J connectivity index is 3.56. The Morgan fingerprint density at radius 1 is 1.23 bits per heavy atom. The summed E-state index contributed by atoms with van der Waals surface area (Å²) >= 11 is 5.81. The lowest BCUT2D eigenvalue weighted by Gasteiger charge is -2.02. The maximum atomic E-state index is 10.4. The van der Waals surface area contributed by atoms with Gasteiger partial charge in [0.15, 0.2) is 0 Å². The zero-order valence-corrected chi connectivity index (χ0v) is 9.16. The zero-order valence-electron chi connectivity index (χ0n) is 5.99. The Labute approximate surface area is 89.4 Å². The molecule has 0 saturated carbocycles. The number of nitro groups is 1. The summed E-state index contributed by atoms with van der Waals surface area (Å²) in [6.07, 6.45) is 0. The summed E-state index contributed by atoms with van der Waals surface area (Å²) in [7, 11) is 0. The average molecular weight is 313 g/mol. The highest BCUT2D eigenvalue weighted by Crippen LogP contribution is 2.45. The number of benzene rings is 1. The van der Waals surface area contributed by atoms with Gasteiger partial charge in [0, 0.05) is 0 Å². The summed E-state index contributed by atoms with van der Waals surface area (Å²) in [6.45, 7) is 0. The largest absolute Gasteiger partial charge is 0.501 e. The second-order valence-electron chi connectivity index (χ2n) is 2.14. The number of aromatic hydroxyl groups is 2. The van der Waals surface area contributed by atoms with Crippen molar-refractivity contribution >= 4 is 37.5 Å². The molecule has 0 spiro atoms. The van der Waals surface area contributed by atoms with Gasteiger partial charge in [0.25, 0.3) is 0 Å². The number of rotatable bonds is 1. The van der Waals surface area contributed by atoms with Gasteiger partial charge in [-0.05, 0) is 37.9 Å². The second kappa shape index (κ2) is 3.51. The van der Waals surface area contributed by atoms with Crippen LogP contribution in [0.25, 0.3) is 0 Å². The summed E-state index contributed by atoms with van der Waals surface area (Å²) in [5, 5.41) is 28.8. The predicted octanol–water partition coefficient (Wildman–Crippen LogP) is 2.53. The first-order valence-corrected chi connectivity index (χ1v) is 4.58. The van der Waals surface area contributed by atoms with Gasteiger partial charge in [0.2, 0.25) is 11.5 Å². The van der Waals surface area contributed by atoms with Crippen LogP contribution in [0.15, 0.2) is 15.0 Å². The first kappa shape index (κ1) is 10.3. The van der Waals surface area contributed by atoms with E-state index in [1.54, 1.807) is 0 Å². The highest BCUT2D eigenvalue weighted by atomic mass is 79.9. The van der Waals surface area contributed by atoms with E-state index in [0.29, 0.717) is 0 Å². The minimum absolute atomic E-state index is 0.142. The fourth-order valence-corrected chi connectivity index (χ4v) is 1.90. The van der Waals surface area contributed by atoms with Crippen molar-refractivity contribution in [3.8, 4) is 11.5 Å². The third-order valence-corrected chi connectivity index (χ3v) is 2.55. The number of nitrogens with zero attached hydrogens (tertiary/aromatic N) is 1. The lowest BCUT2D eigenvalue weighted by molar-refractivity contribution is -0.387. The molecule has 1 aromatic rings. The van der Waals surface area contributed by atoms with Crippen molar-refractivity contribution in [3.05, 3.63) is 25.1 Å². The number of phenolic OH excluding ortho intramolecular Hbond substituents is 2. The molecule has 0 heterocycles. The highest BCUT2D eigenvalue weighted by molar-refractivity contribution is 9.11. The molecule has 0 aliphatic heterocycles. The van der Waals surface area contributed by atoms with E-state index in [9.17, 15) is 20.3 Å². The van der Waals surface area contributed by atoms with Crippen LogP contribution in [0.3, 0.4) is 0 Å². The van der Waals surface area contributed by atoms with E-state index in [0.717, 1.165) is 0 Å². The van der Waals surface area contributed by atoms with Crippen LogP contribution >= 0.6 is 31.9 Å². The van der Waals surface area contributed by atoms with Crippen LogP contribution in [0.1, 0.15) is 0 Å². The molecule has 0 saturated heterocycles. The van der Waals surface area contributed by atoms with Crippen molar-refractivity contribution < 1.29 is 15.1 Å². The minimum atomic E-state index is -0.861. The summed E-state index contributed by atoms with van der Waals surface area (Å²) in [5.41, 5.74) is -0.721. The molecule has 0 bridgehead atoms. The molecule has 1 aromatic carbocycles. The predicted molar refractivity (Wildman–Crippen MR) is 51.8 cm³/mol. The molecule has 70 valence electrons. The molecule has 5 nitrogen and oxygen atoms in total. The van der Waals surface area contributed by atoms with Crippen molar-refractivity contribution in [1.82, 2.24) is 0 Å². The molecular weight excluding hydrogens is 310 g/mol. The van der Waals surface area contributed by atoms with E-state index >= 15 is 0 Å². The lowest BCUT2D eigenvalue weighted by Crippen LogP contribution is -1.90. The van der Waals surface area contributed by atoms with E-state index in [-0.39, 0.29) is 8.95 Å². The first-order chi connectivity index (χ1) is 5.95. The molecule has 0 aliphatic rings. The fraction of sp³-hybridized carbons (Fsp3) is 0. The average Bonchev–Trinajstić information content (AvgIpc) is 2.01. The van der Waals surface area contributed by atoms with Crippen molar-refractivity contribution in [2.45, 2.75) is 0 Å². The number of nitro benzene ring substituents is 1. The van der Waals surface area contributed by atoms with Crippen LogP contribution in [-0.4, -0.2) is 15.1 Å². The first-order valence-electron chi connectivity index (χ1n) is 2.99. The topological polar surface area (TPSA) is 83.6 Å². The molecule has 0 atom stereocenters. The smallest absolute Gasteiger partial charge is 0.354 e. The lowest BCUT2D eigenvalue weighted by atomic mass is 10.3. The van der Waals surface area contributed by atoms with Crippen LogP contribution in [-0.2, 0) is 0 Å².